The van der Waals surface area contributed by atoms with Crippen LogP contribution in [0.2, 0.25) is 0 Å². The molecule has 0 saturated carbocycles. The number of esters is 1. The molecule has 3 fully saturated rings. The maximum atomic E-state index is 13.8. The van der Waals surface area contributed by atoms with E-state index in [0.29, 0.717) is 19.5 Å². The molecule has 2 amide bonds. The summed E-state index contributed by atoms with van der Waals surface area (Å²) in [7, 11) is 0. The Morgan fingerprint density at radius 2 is 2.12 bits per heavy atom. The van der Waals surface area contributed by atoms with Crippen molar-refractivity contribution in [1.82, 2.24) is 9.80 Å². The number of aliphatic hydroxyl groups is 1. The molecule has 3 unspecified atom stereocenters. The number of ether oxygens (including phenoxy) is 2. The molecule has 3 saturated heterocycles. The first-order valence-corrected chi connectivity index (χ1v) is 12.2. The standard InChI is InChI=1S/C23H33BrN2O6/c1-4-7-8-10-25(9-5-2)21(29)19-23-14-15(24)18(32-23)16(22(30)31-13-6-3)17(23)20(28)26(19)11-12-27/h5-6,15-19,27H,2-4,7-14H2,1H3/t15?,16-,17+,18-,19?,23?/m1/s1. The third-order valence-electron chi connectivity index (χ3n) is 6.67. The number of alkyl halides is 1. The fraction of sp³-hybridized carbons (Fsp3) is 0.696. The molecule has 3 aliphatic rings. The first-order chi connectivity index (χ1) is 15.4. The molecule has 3 aliphatic heterocycles. The number of fused-ring (bicyclic) bond motifs is 1. The predicted molar refractivity (Wildman–Crippen MR) is 122 cm³/mol. The van der Waals surface area contributed by atoms with E-state index in [-0.39, 0.29) is 36.4 Å². The number of hydrogen-bond acceptors (Lipinski definition) is 6. The van der Waals surface area contributed by atoms with E-state index in [2.05, 4.69) is 36.0 Å². The van der Waals surface area contributed by atoms with Gasteiger partial charge < -0.3 is 24.4 Å². The topological polar surface area (TPSA) is 96.4 Å². The van der Waals surface area contributed by atoms with Gasteiger partial charge in [0.1, 0.15) is 18.2 Å². The van der Waals surface area contributed by atoms with Crippen LogP contribution in [-0.2, 0) is 23.9 Å². The van der Waals surface area contributed by atoms with Crippen LogP contribution in [0.3, 0.4) is 0 Å². The molecular weight excluding hydrogens is 480 g/mol. The van der Waals surface area contributed by atoms with Crippen LogP contribution in [-0.4, -0.2) is 88.1 Å². The average molecular weight is 513 g/mol. The van der Waals surface area contributed by atoms with E-state index in [9.17, 15) is 19.5 Å². The number of β-amino-alcohol motifs (C(OH)–C–C–N with tert-alkyl or cyclic N) is 1. The number of likely N-dealkylation sites (tertiary alicyclic amines) is 1. The Morgan fingerprint density at radius 1 is 1.38 bits per heavy atom. The van der Waals surface area contributed by atoms with Gasteiger partial charge in [-0.15, -0.1) is 6.58 Å². The van der Waals surface area contributed by atoms with Crippen LogP contribution in [0.4, 0.5) is 0 Å². The minimum Gasteiger partial charge on any atom is -0.461 e. The number of carbonyl (C=O) groups is 3. The van der Waals surface area contributed by atoms with E-state index in [0.717, 1.165) is 19.3 Å². The Morgan fingerprint density at radius 3 is 2.75 bits per heavy atom. The number of carbonyl (C=O) groups excluding carboxylic acids is 3. The summed E-state index contributed by atoms with van der Waals surface area (Å²) in [5, 5.41) is 9.65. The molecule has 1 spiro atoms. The number of unbranched alkanes of at least 4 members (excludes halogenated alkanes) is 2. The normalized spacial score (nSPS) is 32.7. The van der Waals surface area contributed by atoms with Gasteiger partial charge in [0.05, 0.1) is 24.5 Å². The summed E-state index contributed by atoms with van der Waals surface area (Å²) in [5.41, 5.74) is -1.13. The Labute approximate surface area is 197 Å². The van der Waals surface area contributed by atoms with E-state index < -0.39 is 35.6 Å². The van der Waals surface area contributed by atoms with Gasteiger partial charge in [0.2, 0.25) is 11.8 Å². The summed E-state index contributed by atoms with van der Waals surface area (Å²) in [6.07, 6.45) is 5.85. The molecule has 0 aliphatic carbocycles. The van der Waals surface area contributed by atoms with Crippen LogP contribution in [0, 0.1) is 11.8 Å². The fourth-order valence-corrected chi connectivity index (χ4v) is 6.38. The lowest BCUT2D eigenvalue weighted by Gasteiger charge is -2.37. The SMILES string of the molecule is C=CCOC(=O)[C@H]1[C@@H]2OC3(CC2Br)C(C(=O)N(CC=C)CCCCC)N(CCO)C(=O)[C@H]13. The highest BCUT2D eigenvalue weighted by Crippen LogP contribution is 2.60. The number of rotatable bonds is 12. The molecule has 8 nitrogen and oxygen atoms in total. The van der Waals surface area contributed by atoms with Crippen molar-refractivity contribution in [3.05, 3.63) is 25.3 Å². The number of nitrogens with zero attached hydrogens (tertiary/aromatic N) is 2. The predicted octanol–water partition coefficient (Wildman–Crippen LogP) is 1.66. The molecule has 9 heteroatoms. The van der Waals surface area contributed by atoms with Gasteiger partial charge in [-0.2, -0.15) is 0 Å². The second-order valence-corrected chi connectivity index (χ2v) is 9.79. The van der Waals surface area contributed by atoms with E-state index in [1.54, 1.807) is 11.0 Å². The number of aliphatic hydroxyl groups excluding tert-OH is 1. The zero-order chi connectivity index (χ0) is 23.5. The lowest BCUT2D eigenvalue weighted by atomic mass is 9.70. The molecule has 0 radical (unpaired) electrons. The van der Waals surface area contributed by atoms with Crippen LogP contribution in [0.25, 0.3) is 0 Å². The highest BCUT2D eigenvalue weighted by molar-refractivity contribution is 9.09. The van der Waals surface area contributed by atoms with Crippen molar-refractivity contribution in [2.75, 3.05) is 32.8 Å². The highest BCUT2D eigenvalue weighted by Gasteiger charge is 2.77. The van der Waals surface area contributed by atoms with E-state index >= 15 is 0 Å². The molecule has 32 heavy (non-hydrogen) atoms. The average Bonchev–Trinajstić information content (AvgIpc) is 3.35. The largest absolute Gasteiger partial charge is 0.461 e. The zero-order valence-corrected chi connectivity index (χ0v) is 20.2. The molecule has 0 aromatic heterocycles. The fourth-order valence-electron chi connectivity index (χ4n) is 5.44. The summed E-state index contributed by atoms with van der Waals surface area (Å²) < 4.78 is 11.6. The van der Waals surface area contributed by atoms with Crippen molar-refractivity contribution in [2.24, 2.45) is 11.8 Å². The monoisotopic (exact) mass is 512 g/mol. The highest BCUT2D eigenvalue weighted by atomic mass is 79.9. The Kier molecular flexibility index (Phi) is 8.16. The van der Waals surface area contributed by atoms with E-state index in [1.165, 1.54) is 11.0 Å². The minimum absolute atomic E-state index is 0.000215. The Hall–Kier alpha value is -1.71. The lowest BCUT2D eigenvalue weighted by Crippen LogP contribution is -2.57. The van der Waals surface area contributed by atoms with Crippen molar-refractivity contribution in [1.29, 1.82) is 0 Å². The zero-order valence-electron chi connectivity index (χ0n) is 18.6. The maximum Gasteiger partial charge on any atom is 0.312 e. The summed E-state index contributed by atoms with van der Waals surface area (Å²) in [6.45, 7) is 10.1. The van der Waals surface area contributed by atoms with Crippen molar-refractivity contribution < 1.29 is 29.0 Å². The Balaban J connectivity index is 1.97. The van der Waals surface area contributed by atoms with E-state index in [1.807, 2.05) is 0 Å². The maximum absolute atomic E-state index is 13.8. The van der Waals surface area contributed by atoms with Gasteiger partial charge >= 0.3 is 5.97 Å². The number of halogens is 1. The number of amides is 2. The van der Waals surface area contributed by atoms with Gasteiger partial charge in [0, 0.05) is 24.5 Å². The van der Waals surface area contributed by atoms with Gasteiger partial charge in [-0.3, -0.25) is 14.4 Å². The van der Waals surface area contributed by atoms with Crippen LogP contribution >= 0.6 is 15.9 Å². The smallest absolute Gasteiger partial charge is 0.312 e. The van der Waals surface area contributed by atoms with Gasteiger partial charge in [-0.05, 0) is 12.8 Å². The molecule has 6 atom stereocenters. The van der Waals surface area contributed by atoms with Crippen molar-refractivity contribution >= 4 is 33.7 Å². The molecular formula is C23H33BrN2O6. The third kappa shape index (κ3) is 4.15. The van der Waals surface area contributed by atoms with Crippen LogP contribution in [0.1, 0.15) is 32.6 Å². The molecule has 2 bridgehead atoms. The second-order valence-electron chi connectivity index (χ2n) is 8.62. The summed E-state index contributed by atoms with van der Waals surface area (Å²) in [4.78, 5) is 43.1. The summed E-state index contributed by atoms with van der Waals surface area (Å²) in [6, 6.07) is -0.906. The van der Waals surface area contributed by atoms with Crippen molar-refractivity contribution in [2.45, 2.75) is 55.2 Å². The lowest BCUT2D eigenvalue weighted by molar-refractivity contribution is -0.154. The first kappa shape index (κ1) is 24.9. The Bertz CT molecular complexity index is 761. The van der Waals surface area contributed by atoms with Gasteiger partial charge in [0.15, 0.2) is 0 Å². The second kappa shape index (κ2) is 10.5. The molecule has 1 N–H and O–H groups in total. The summed E-state index contributed by atoms with van der Waals surface area (Å²) >= 11 is 3.60. The van der Waals surface area contributed by atoms with Gasteiger partial charge in [0.25, 0.3) is 0 Å². The number of hydrogen-bond donors (Lipinski definition) is 1. The van der Waals surface area contributed by atoms with Crippen molar-refractivity contribution in [3.63, 3.8) is 0 Å². The minimum atomic E-state index is -1.13. The van der Waals surface area contributed by atoms with Crippen LogP contribution < -0.4 is 0 Å². The third-order valence-corrected chi connectivity index (χ3v) is 7.52. The first-order valence-electron chi connectivity index (χ1n) is 11.3. The van der Waals surface area contributed by atoms with E-state index in [4.69, 9.17) is 9.47 Å². The quantitative estimate of drug-likeness (QED) is 0.185. The molecule has 0 aromatic carbocycles. The van der Waals surface area contributed by atoms with Gasteiger partial charge in [-0.25, -0.2) is 0 Å². The van der Waals surface area contributed by atoms with Crippen LogP contribution in [0.15, 0.2) is 25.3 Å². The molecule has 178 valence electrons. The molecule has 3 heterocycles. The summed E-state index contributed by atoms with van der Waals surface area (Å²) in [5.74, 6) is -2.73. The van der Waals surface area contributed by atoms with Crippen molar-refractivity contribution in [3.8, 4) is 0 Å². The molecule has 0 aromatic rings. The van der Waals surface area contributed by atoms with Crippen LogP contribution in [0.5, 0.6) is 0 Å². The molecule has 3 rings (SSSR count). The van der Waals surface area contributed by atoms with Gasteiger partial charge in [-0.1, -0.05) is 54.4 Å².